The van der Waals surface area contributed by atoms with Gasteiger partial charge in [0.15, 0.2) is 15.4 Å². The molecule has 31 heavy (non-hydrogen) atoms. The van der Waals surface area contributed by atoms with E-state index in [4.69, 9.17) is 12.2 Å². The van der Waals surface area contributed by atoms with Gasteiger partial charge in [-0.05, 0) is 59.5 Å². The van der Waals surface area contributed by atoms with Crippen LogP contribution in [-0.2, 0) is 6.54 Å². The number of pyridine rings is 1. The highest BCUT2D eigenvalue weighted by molar-refractivity contribution is 7.99. The van der Waals surface area contributed by atoms with E-state index in [1.54, 1.807) is 49.3 Å². The number of thiocarbonyl (C=S) groups is 1. The zero-order valence-electron chi connectivity index (χ0n) is 15.9. The molecule has 0 aromatic carbocycles. The molecule has 0 spiro atoms. The van der Waals surface area contributed by atoms with Gasteiger partial charge < -0.3 is 10.6 Å². The Morgan fingerprint density at radius 1 is 0.839 bits per heavy atom. The molecule has 0 saturated carbocycles. The predicted molar refractivity (Wildman–Crippen MR) is 122 cm³/mol. The van der Waals surface area contributed by atoms with Crippen molar-refractivity contribution in [1.29, 1.82) is 0 Å². The molecule has 0 bridgehead atoms. The molecule has 9 nitrogen and oxygen atoms in total. The fraction of sp³-hybridized carbons (Fsp3) is 0.0526. The summed E-state index contributed by atoms with van der Waals surface area (Å²) in [4.78, 5) is 30.1. The van der Waals surface area contributed by atoms with Crippen LogP contribution in [0.5, 0.6) is 0 Å². The monoisotopic (exact) mass is 465 g/mol. The van der Waals surface area contributed by atoms with E-state index in [1.165, 1.54) is 23.5 Å². The van der Waals surface area contributed by atoms with Crippen LogP contribution in [0.1, 0.15) is 5.56 Å². The molecular formula is C19H15N9S3. The molecule has 0 amide bonds. The first-order chi connectivity index (χ1) is 15.2. The molecule has 154 valence electrons. The van der Waals surface area contributed by atoms with Gasteiger partial charge in [0.2, 0.25) is 5.95 Å². The second-order valence-corrected chi connectivity index (χ2v) is 8.19. The molecule has 2 N–H and O–H groups in total. The number of nitrogens with one attached hydrogen (secondary N) is 2. The Hall–Kier alpha value is -3.22. The molecule has 0 unspecified atom stereocenters. The SMILES string of the molecule is S=C(NCc1cccnc1)Nc1nc(Sc2ncccn2)cc(Sc2ncccn2)n1. The van der Waals surface area contributed by atoms with Gasteiger partial charge in [0.1, 0.15) is 10.1 Å². The van der Waals surface area contributed by atoms with E-state index in [1.807, 2.05) is 18.2 Å². The van der Waals surface area contributed by atoms with Crippen LogP contribution >= 0.6 is 35.7 Å². The largest absolute Gasteiger partial charge is 0.358 e. The second kappa shape index (κ2) is 10.7. The molecule has 0 aliphatic rings. The summed E-state index contributed by atoms with van der Waals surface area (Å²) < 4.78 is 0. The van der Waals surface area contributed by atoms with Crippen LogP contribution in [0.3, 0.4) is 0 Å². The fourth-order valence-electron chi connectivity index (χ4n) is 2.26. The summed E-state index contributed by atoms with van der Waals surface area (Å²) in [6, 6.07) is 9.19. The lowest BCUT2D eigenvalue weighted by Crippen LogP contribution is -2.28. The van der Waals surface area contributed by atoms with E-state index in [-0.39, 0.29) is 0 Å². The number of anilines is 1. The lowest BCUT2D eigenvalue weighted by atomic mass is 10.3. The highest BCUT2D eigenvalue weighted by Crippen LogP contribution is 2.29. The molecule has 4 heterocycles. The van der Waals surface area contributed by atoms with Crippen LogP contribution in [-0.4, -0.2) is 40.0 Å². The third-order valence-corrected chi connectivity index (χ3v) is 5.43. The van der Waals surface area contributed by atoms with Gasteiger partial charge in [0.05, 0.1) is 0 Å². The lowest BCUT2D eigenvalue weighted by Gasteiger charge is -2.11. The summed E-state index contributed by atoms with van der Waals surface area (Å²) in [7, 11) is 0. The zero-order valence-corrected chi connectivity index (χ0v) is 18.4. The van der Waals surface area contributed by atoms with Gasteiger partial charge in [-0.25, -0.2) is 29.9 Å². The average molecular weight is 466 g/mol. The van der Waals surface area contributed by atoms with Crippen molar-refractivity contribution in [2.24, 2.45) is 0 Å². The molecule has 0 aliphatic heterocycles. The van der Waals surface area contributed by atoms with E-state index >= 15 is 0 Å². The predicted octanol–water partition coefficient (Wildman–Crippen LogP) is 3.24. The Bertz CT molecular complexity index is 1070. The summed E-state index contributed by atoms with van der Waals surface area (Å²) in [6.07, 6.45) is 10.2. The summed E-state index contributed by atoms with van der Waals surface area (Å²) in [5.41, 5.74) is 1.01. The molecule has 12 heteroatoms. The second-order valence-electron chi connectivity index (χ2n) is 5.80. The van der Waals surface area contributed by atoms with Gasteiger partial charge in [0, 0.05) is 49.8 Å². The van der Waals surface area contributed by atoms with Crippen molar-refractivity contribution in [3.63, 3.8) is 0 Å². The summed E-state index contributed by atoms with van der Waals surface area (Å²) in [5, 5.41) is 9.04. The Labute approximate surface area is 192 Å². The van der Waals surface area contributed by atoms with Crippen LogP contribution in [0.25, 0.3) is 0 Å². The normalized spacial score (nSPS) is 10.5. The molecule has 4 aromatic rings. The summed E-state index contributed by atoms with van der Waals surface area (Å²) in [6.45, 7) is 0.533. The van der Waals surface area contributed by atoms with Crippen molar-refractivity contribution >= 4 is 46.8 Å². The first kappa shape index (κ1) is 21.0. The van der Waals surface area contributed by atoms with Crippen LogP contribution in [0.4, 0.5) is 5.95 Å². The maximum absolute atomic E-state index is 5.40. The quantitative estimate of drug-likeness (QED) is 0.237. The summed E-state index contributed by atoms with van der Waals surface area (Å²) in [5.74, 6) is 0.350. The number of hydrogen-bond acceptors (Lipinski definition) is 10. The third kappa shape index (κ3) is 6.64. The van der Waals surface area contributed by atoms with Crippen LogP contribution < -0.4 is 10.6 Å². The van der Waals surface area contributed by atoms with Crippen molar-refractivity contribution in [1.82, 2.24) is 40.2 Å². The fourth-order valence-corrected chi connectivity index (χ4v) is 3.93. The Morgan fingerprint density at radius 2 is 1.45 bits per heavy atom. The van der Waals surface area contributed by atoms with E-state index < -0.39 is 0 Å². The minimum Gasteiger partial charge on any atom is -0.358 e. The van der Waals surface area contributed by atoms with Crippen molar-refractivity contribution in [3.8, 4) is 0 Å². The summed E-state index contributed by atoms with van der Waals surface area (Å²) >= 11 is 8.04. The van der Waals surface area contributed by atoms with Gasteiger partial charge in [-0.15, -0.1) is 0 Å². The maximum Gasteiger partial charge on any atom is 0.231 e. The van der Waals surface area contributed by atoms with Crippen molar-refractivity contribution < 1.29 is 0 Å². The molecule has 0 radical (unpaired) electrons. The number of hydrogen-bond donors (Lipinski definition) is 2. The minimum absolute atomic E-state index is 0.350. The van der Waals surface area contributed by atoms with Gasteiger partial charge in [-0.3, -0.25) is 4.98 Å². The Kier molecular flexibility index (Phi) is 7.26. The van der Waals surface area contributed by atoms with Gasteiger partial charge in [0.25, 0.3) is 0 Å². The first-order valence-electron chi connectivity index (χ1n) is 8.97. The van der Waals surface area contributed by atoms with Crippen LogP contribution in [0, 0.1) is 0 Å². The Balaban J connectivity index is 1.51. The van der Waals surface area contributed by atoms with E-state index in [0.29, 0.717) is 38.0 Å². The van der Waals surface area contributed by atoms with Crippen molar-refractivity contribution in [2.75, 3.05) is 5.32 Å². The zero-order chi connectivity index (χ0) is 21.3. The van der Waals surface area contributed by atoms with Crippen molar-refractivity contribution in [3.05, 3.63) is 73.1 Å². The molecule has 4 rings (SSSR count). The highest BCUT2D eigenvalue weighted by Gasteiger charge is 2.11. The van der Waals surface area contributed by atoms with Crippen LogP contribution in [0.2, 0.25) is 0 Å². The van der Waals surface area contributed by atoms with Crippen molar-refractivity contribution in [2.45, 2.75) is 26.9 Å². The highest BCUT2D eigenvalue weighted by atomic mass is 32.2. The number of nitrogens with zero attached hydrogens (tertiary/aromatic N) is 7. The standard InChI is InChI=1S/C19H15N9S3/c29-17(25-12-13-4-1-5-20-11-13)28-16-26-14(30-18-21-6-2-7-22-18)10-15(27-16)31-19-23-8-3-9-24-19/h1-11H,12H2,(H2,25,26,27,28,29). The third-order valence-electron chi connectivity index (χ3n) is 3.56. The smallest absolute Gasteiger partial charge is 0.231 e. The van der Waals surface area contributed by atoms with Crippen LogP contribution in [0.15, 0.2) is 87.9 Å². The topological polar surface area (TPSA) is 114 Å². The molecule has 4 aromatic heterocycles. The molecule has 0 saturated heterocycles. The molecule has 0 fully saturated rings. The Morgan fingerprint density at radius 3 is 2.00 bits per heavy atom. The molecule has 0 atom stereocenters. The molecular weight excluding hydrogens is 450 g/mol. The lowest BCUT2D eigenvalue weighted by molar-refractivity contribution is 0.904. The first-order valence-corrected chi connectivity index (χ1v) is 11.0. The van der Waals surface area contributed by atoms with E-state index in [2.05, 4.69) is 45.5 Å². The van der Waals surface area contributed by atoms with Gasteiger partial charge >= 0.3 is 0 Å². The maximum atomic E-state index is 5.40. The number of aromatic nitrogens is 7. The van der Waals surface area contributed by atoms with Gasteiger partial charge in [-0.1, -0.05) is 6.07 Å². The van der Waals surface area contributed by atoms with Gasteiger partial charge in [-0.2, -0.15) is 0 Å². The minimum atomic E-state index is 0.350. The van der Waals surface area contributed by atoms with E-state index in [0.717, 1.165) is 5.56 Å². The van der Waals surface area contributed by atoms with E-state index in [9.17, 15) is 0 Å². The average Bonchev–Trinajstić information content (AvgIpc) is 2.80. The number of rotatable bonds is 7. The molecule has 0 aliphatic carbocycles.